The molecule has 0 N–H and O–H groups in total. The lowest BCUT2D eigenvalue weighted by Gasteiger charge is -2.17. The maximum atomic E-state index is 11.2. The highest BCUT2D eigenvalue weighted by atomic mass is 32.2. The molecule has 3 nitrogen and oxygen atoms in total. The van der Waals surface area contributed by atoms with Crippen LogP contribution >= 0.6 is 23.5 Å². The van der Waals surface area contributed by atoms with Crippen LogP contribution in [-0.2, 0) is 14.3 Å². The number of rotatable bonds is 2. The summed E-state index contributed by atoms with van der Waals surface area (Å²) in [7, 11) is 0. The van der Waals surface area contributed by atoms with Crippen LogP contribution in [0.25, 0.3) is 0 Å². The van der Waals surface area contributed by atoms with Gasteiger partial charge in [0.2, 0.25) is 0 Å². The molecule has 0 saturated carbocycles. The van der Waals surface area contributed by atoms with Crippen molar-refractivity contribution < 1.29 is 14.3 Å². The third kappa shape index (κ3) is 2.42. The molecule has 0 aromatic rings. The third-order valence-corrected chi connectivity index (χ3v) is 3.84. The topological polar surface area (TPSA) is 43.4 Å². The number of esters is 1. The first kappa shape index (κ1) is 9.92. The van der Waals surface area contributed by atoms with E-state index in [4.69, 9.17) is 4.74 Å². The van der Waals surface area contributed by atoms with Crippen LogP contribution in [0.4, 0.5) is 0 Å². The molecule has 0 bridgehead atoms. The quantitative estimate of drug-likeness (QED) is 0.496. The van der Waals surface area contributed by atoms with E-state index in [1.165, 1.54) is 11.8 Å². The molecule has 1 heterocycles. The predicted octanol–water partition coefficient (Wildman–Crippen LogP) is 0.925. The molecule has 68 valence electrons. The molecule has 5 heteroatoms. The van der Waals surface area contributed by atoms with Gasteiger partial charge in [-0.15, -0.1) is 23.5 Å². The van der Waals surface area contributed by atoms with Crippen molar-refractivity contribution in [1.82, 2.24) is 0 Å². The highest BCUT2D eigenvalue weighted by Gasteiger charge is 2.30. The van der Waals surface area contributed by atoms with Crippen molar-refractivity contribution in [2.24, 2.45) is 0 Å². The van der Waals surface area contributed by atoms with Gasteiger partial charge >= 0.3 is 5.97 Å². The fourth-order valence-electron chi connectivity index (χ4n) is 0.844. The molecule has 1 unspecified atom stereocenters. The molecule has 1 fully saturated rings. The Hall–Kier alpha value is -0.160. The highest BCUT2D eigenvalue weighted by Crippen LogP contribution is 2.26. The first-order valence-electron chi connectivity index (χ1n) is 3.64. The Labute approximate surface area is 79.6 Å². The Morgan fingerprint density at radius 3 is 3.08 bits per heavy atom. The lowest BCUT2D eigenvalue weighted by Crippen LogP contribution is -2.33. The van der Waals surface area contributed by atoms with Gasteiger partial charge in [-0.25, -0.2) is 0 Å². The number of Topliss-reactive ketones (excluding diaryl/α,β-unsaturated/α-hetero) is 1. The zero-order chi connectivity index (χ0) is 8.97. The normalized spacial score (nSPS) is 23.8. The molecule has 0 amide bonds. The number of hydrogen-bond donors (Lipinski definition) is 0. The Morgan fingerprint density at radius 2 is 2.50 bits per heavy atom. The maximum Gasteiger partial charge on any atom is 0.326 e. The zero-order valence-corrected chi connectivity index (χ0v) is 8.37. The van der Waals surface area contributed by atoms with Crippen molar-refractivity contribution in [2.75, 3.05) is 17.4 Å². The van der Waals surface area contributed by atoms with Gasteiger partial charge in [0.25, 0.3) is 0 Å². The van der Waals surface area contributed by atoms with Crippen LogP contribution in [0.15, 0.2) is 0 Å². The van der Waals surface area contributed by atoms with Gasteiger partial charge in [-0.3, -0.25) is 9.59 Å². The van der Waals surface area contributed by atoms with Crippen LogP contribution in [0.2, 0.25) is 0 Å². The van der Waals surface area contributed by atoms with E-state index in [9.17, 15) is 9.59 Å². The summed E-state index contributed by atoms with van der Waals surface area (Å²) in [6.45, 7) is 2.08. The van der Waals surface area contributed by atoms with E-state index in [0.29, 0.717) is 12.4 Å². The van der Waals surface area contributed by atoms with Crippen LogP contribution in [0.5, 0.6) is 0 Å². The minimum Gasteiger partial charge on any atom is -0.465 e. The fourth-order valence-corrected chi connectivity index (χ4v) is 3.05. The second-order valence-corrected chi connectivity index (χ2v) is 4.68. The standard InChI is InChI=1S/C7H10O3S2/c1-2-10-7(9)6-5(8)3-11-4-12-6/h6H,2-4H2,1H3. The summed E-state index contributed by atoms with van der Waals surface area (Å²) in [5, 5.41) is 0.237. The Bertz CT molecular complexity index is 193. The van der Waals surface area contributed by atoms with Gasteiger partial charge in [-0.1, -0.05) is 0 Å². The molecular formula is C7H10O3S2. The van der Waals surface area contributed by atoms with Crippen LogP contribution in [0.1, 0.15) is 6.92 Å². The monoisotopic (exact) mass is 206 g/mol. The Morgan fingerprint density at radius 1 is 1.75 bits per heavy atom. The van der Waals surface area contributed by atoms with Crippen molar-refractivity contribution in [3.8, 4) is 0 Å². The van der Waals surface area contributed by atoms with Crippen LogP contribution < -0.4 is 0 Å². The second kappa shape index (κ2) is 4.77. The summed E-state index contributed by atoms with van der Waals surface area (Å²) in [4.78, 5) is 22.3. The lowest BCUT2D eigenvalue weighted by atomic mass is 10.3. The van der Waals surface area contributed by atoms with Gasteiger partial charge in [-0.2, -0.15) is 0 Å². The summed E-state index contributed by atoms with van der Waals surface area (Å²) in [6, 6.07) is 0. The summed E-state index contributed by atoms with van der Waals surface area (Å²) in [5.74, 6) is 0.0405. The molecule has 1 rings (SSSR count). The number of ether oxygens (including phenoxy) is 1. The van der Waals surface area contributed by atoms with Crippen molar-refractivity contribution in [3.05, 3.63) is 0 Å². The van der Waals surface area contributed by atoms with Crippen molar-refractivity contribution in [2.45, 2.75) is 12.2 Å². The largest absolute Gasteiger partial charge is 0.465 e. The second-order valence-electron chi connectivity index (χ2n) is 2.23. The van der Waals surface area contributed by atoms with Gasteiger partial charge < -0.3 is 4.74 Å². The first-order chi connectivity index (χ1) is 5.75. The molecule has 1 aliphatic rings. The van der Waals surface area contributed by atoms with E-state index in [-0.39, 0.29) is 11.8 Å². The number of carbonyl (C=O) groups excluding carboxylic acids is 2. The maximum absolute atomic E-state index is 11.2. The Kier molecular flexibility index (Phi) is 3.94. The predicted molar refractivity (Wildman–Crippen MR) is 50.3 cm³/mol. The number of carbonyl (C=O) groups is 2. The zero-order valence-electron chi connectivity index (χ0n) is 6.74. The molecule has 0 aliphatic carbocycles. The molecule has 1 atom stereocenters. The van der Waals surface area contributed by atoms with Crippen LogP contribution in [0, 0.1) is 0 Å². The average Bonchev–Trinajstić information content (AvgIpc) is 2.05. The van der Waals surface area contributed by atoms with E-state index >= 15 is 0 Å². The van der Waals surface area contributed by atoms with Gasteiger partial charge in [-0.05, 0) is 6.92 Å². The number of hydrogen-bond acceptors (Lipinski definition) is 5. The van der Waals surface area contributed by atoms with E-state index in [2.05, 4.69) is 0 Å². The minimum atomic E-state index is -0.564. The summed E-state index contributed by atoms with van der Waals surface area (Å²) in [5.41, 5.74) is 0. The van der Waals surface area contributed by atoms with Crippen LogP contribution in [-0.4, -0.2) is 34.4 Å². The smallest absolute Gasteiger partial charge is 0.326 e. The summed E-state index contributed by atoms with van der Waals surface area (Å²) in [6.07, 6.45) is 0. The van der Waals surface area contributed by atoms with Crippen molar-refractivity contribution in [1.29, 1.82) is 0 Å². The number of ketones is 1. The molecule has 0 radical (unpaired) electrons. The lowest BCUT2D eigenvalue weighted by molar-refractivity contribution is -0.144. The minimum absolute atomic E-state index is 0.0188. The third-order valence-electron chi connectivity index (χ3n) is 1.36. The van der Waals surface area contributed by atoms with E-state index in [0.717, 1.165) is 5.08 Å². The number of thioether (sulfide) groups is 2. The molecule has 1 saturated heterocycles. The molecule has 12 heavy (non-hydrogen) atoms. The first-order valence-corrected chi connectivity index (χ1v) is 5.84. The Balaban J connectivity index is 2.48. The van der Waals surface area contributed by atoms with E-state index in [1.54, 1.807) is 18.7 Å². The summed E-state index contributed by atoms with van der Waals surface area (Å²) >= 11 is 2.91. The van der Waals surface area contributed by atoms with E-state index < -0.39 is 5.25 Å². The molecule has 1 aliphatic heterocycles. The van der Waals surface area contributed by atoms with Crippen molar-refractivity contribution in [3.63, 3.8) is 0 Å². The van der Waals surface area contributed by atoms with Gasteiger partial charge in [0.1, 0.15) is 0 Å². The molecule has 0 aromatic heterocycles. The van der Waals surface area contributed by atoms with Gasteiger partial charge in [0.15, 0.2) is 11.0 Å². The molecule has 0 aromatic carbocycles. The summed E-state index contributed by atoms with van der Waals surface area (Å²) < 4.78 is 4.76. The highest BCUT2D eigenvalue weighted by molar-refractivity contribution is 8.18. The average molecular weight is 206 g/mol. The van der Waals surface area contributed by atoms with Gasteiger partial charge in [0, 0.05) is 5.08 Å². The van der Waals surface area contributed by atoms with Crippen LogP contribution in [0.3, 0.4) is 0 Å². The molecule has 0 spiro atoms. The van der Waals surface area contributed by atoms with E-state index in [1.807, 2.05) is 0 Å². The molecular weight excluding hydrogens is 196 g/mol. The SMILES string of the molecule is CCOC(=O)C1SCSCC1=O. The fraction of sp³-hybridized carbons (Fsp3) is 0.714. The van der Waals surface area contributed by atoms with Gasteiger partial charge in [0.05, 0.1) is 12.4 Å². The van der Waals surface area contributed by atoms with Crippen molar-refractivity contribution >= 4 is 35.3 Å².